The van der Waals surface area contributed by atoms with E-state index in [1.807, 2.05) is 0 Å². The lowest BCUT2D eigenvalue weighted by molar-refractivity contribution is -0.165. The zero-order chi connectivity index (χ0) is 11.4. The Hall–Kier alpha value is -0.120. The van der Waals surface area contributed by atoms with Crippen molar-refractivity contribution < 1.29 is 9.47 Å². The van der Waals surface area contributed by atoms with Crippen LogP contribution in [-0.2, 0) is 9.47 Å². The van der Waals surface area contributed by atoms with Crippen LogP contribution in [0.1, 0.15) is 39.5 Å². The normalized spacial score (nSPS) is 35.8. The summed E-state index contributed by atoms with van der Waals surface area (Å²) < 4.78 is 11.7. The van der Waals surface area contributed by atoms with E-state index in [1.54, 1.807) is 0 Å². The average molecular weight is 227 g/mol. The largest absolute Gasteiger partial charge is 0.378 e. The Balaban J connectivity index is 1.95. The van der Waals surface area contributed by atoms with Crippen molar-refractivity contribution in [3.05, 3.63) is 0 Å². The van der Waals surface area contributed by atoms with E-state index < -0.39 is 0 Å². The highest BCUT2D eigenvalue weighted by molar-refractivity contribution is 4.97. The Labute approximate surface area is 98.9 Å². The molecule has 1 spiro atoms. The summed E-state index contributed by atoms with van der Waals surface area (Å²) in [6.45, 7) is 8.08. The van der Waals surface area contributed by atoms with E-state index in [9.17, 15) is 0 Å². The molecule has 3 heteroatoms. The summed E-state index contributed by atoms with van der Waals surface area (Å²) >= 11 is 0. The van der Waals surface area contributed by atoms with Gasteiger partial charge in [-0.1, -0.05) is 13.8 Å². The first-order valence-electron chi connectivity index (χ1n) is 6.68. The Morgan fingerprint density at radius 3 is 2.94 bits per heavy atom. The minimum Gasteiger partial charge on any atom is -0.378 e. The van der Waals surface area contributed by atoms with Gasteiger partial charge in [-0.2, -0.15) is 0 Å². The average Bonchev–Trinajstić information content (AvgIpc) is 2.29. The molecule has 0 aromatic rings. The molecule has 2 atom stereocenters. The monoisotopic (exact) mass is 227 g/mol. The van der Waals surface area contributed by atoms with Crippen LogP contribution in [0.25, 0.3) is 0 Å². The molecule has 3 nitrogen and oxygen atoms in total. The fourth-order valence-corrected chi connectivity index (χ4v) is 2.82. The van der Waals surface area contributed by atoms with E-state index in [-0.39, 0.29) is 5.60 Å². The van der Waals surface area contributed by atoms with Crippen molar-refractivity contribution in [2.45, 2.75) is 51.2 Å². The van der Waals surface area contributed by atoms with Gasteiger partial charge >= 0.3 is 0 Å². The van der Waals surface area contributed by atoms with E-state index in [2.05, 4.69) is 19.2 Å². The molecule has 16 heavy (non-hydrogen) atoms. The first-order chi connectivity index (χ1) is 7.73. The van der Waals surface area contributed by atoms with Gasteiger partial charge in [0.1, 0.15) is 5.60 Å². The SMILES string of the molecule is CC(C)CCC1NCCOC12CCCOC2. The summed E-state index contributed by atoms with van der Waals surface area (Å²) in [4.78, 5) is 0. The number of rotatable bonds is 3. The first-order valence-corrected chi connectivity index (χ1v) is 6.68. The zero-order valence-corrected chi connectivity index (χ0v) is 10.6. The molecule has 0 amide bonds. The number of ether oxygens (including phenoxy) is 2. The van der Waals surface area contributed by atoms with Crippen molar-refractivity contribution in [3.8, 4) is 0 Å². The van der Waals surface area contributed by atoms with Gasteiger partial charge in [0.15, 0.2) is 0 Å². The highest BCUT2D eigenvalue weighted by Gasteiger charge is 2.43. The van der Waals surface area contributed by atoms with Crippen LogP contribution in [0, 0.1) is 5.92 Å². The molecular formula is C13H25NO2. The fourth-order valence-electron chi connectivity index (χ4n) is 2.82. The van der Waals surface area contributed by atoms with Crippen LogP contribution in [0.15, 0.2) is 0 Å². The molecule has 0 aliphatic carbocycles. The maximum Gasteiger partial charge on any atom is 0.107 e. The number of nitrogens with one attached hydrogen (secondary N) is 1. The van der Waals surface area contributed by atoms with Crippen LogP contribution < -0.4 is 5.32 Å². The maximum absolute atomic E-state index is 6.06. The summed E-state index contributed by atoms with van der Waals surface area (Å²) in [5.41, 5.74) is -0.0224. The molecule has 0 aromatic heterocycles. The minimum absolute atomic E-state index is 0.0224. The molecule has 0 bridgehead atoms. The molecule has 2 aliphatic rings. The molecule has 2 heterocycles. The van der Waals surface area contributed by atoms with Crippen molar-refractivity contribution in [1.29, 1.82) is 0 Å². The zero-order valence-electron chi connectivity index (χ0n) is 10.6. The van der Waals surface area contributed by atoms with Gasteiger partial charge in [-0.15, -0.1) is 0 Å². The quantitative estimate of drug-likeness (QED) is 0.799. The molecule has 2 aliphatic heterocycles. The molecule has 2 unspecified atom stereocenters. The molecule has 0 aromatic carbocycles. The van der Waals surface area contributed by atoms with Crippen molar-refractivity contribution in [2.75, 3.05) is 26.4 Å². The second kappa shape index (κ2) is 5.48. The van der Waals surface area contributed by atoms with E-state index in [1.165, 1.54) is 12.8 Å². The van der Waals surface area contributed by atoms with Crippen molar-refractivity contribution in [3.63, 3.8) is 0 Å². The first kappa shape index (κ1) is 12.3. The molecular weight excluding hydrogens is 202 g/mol. The molecule has 2 fully saturated rings. The number of morpholine rings is 1. The second-order valence-electron chi connectivity index (χ2n) is 5.55. The highest BCUT2D eigenvalue weighted by atomic mass is 16.5. The van der Waals surface area contributed by atoms with Crippen molar-refractivity contribution >= 4 is 0 Å². The molecule has 0 saturated carbocycles. The summed E-state index contributed by atoms with van der Waals surface area (Å²) in [6, 6.07) is 0.490. The minimum atomic E-state index is -0.0224. The van der Waals surface area contributed by atoms with Crippen LogP contribution in [0.5, 0.6) is 0 Å². The van der Waals surface area contributed by atoms with Gasteiger partial charge in [0.05, 0.1) is 13.2 Å². The van der Waals surface area contributed by atoms with Crippen molar-refractivity contribution in [2.24, 2.45) is 5.92 Å². The van der Waals surface area contributed by atoms with Gasteiger partial charge < -0.3 is 14.8 Å². The highest BCUT2D eigenvalue weighted by Crippen LogP contribution is 2.31. The van der Waals surface area contributed by atoms with E-state index >= 15 is 0 Å². The Morgan fingerprint density at radius 1 is 1.38 bits per heavy atom. The fraction of sp³-hybridized carbons (Fsp3) is 1.00. The van der Waals surface area contributed by atoms with Gasteiger partial charge in [-0.05, 0) is 31.6 Å². The third-order valence-corrected chi connectivity index (χ3v) is 3.79. The van der Waals surface area contributed by atoms with Gasteiger partial charge in [-0.25, -0.2) is 0 Å². The summed E-state index contributed by atoms with van der Waals surface area (Å²) in [6.07, 6.45) is 4.77. The Morgan fingerprint density at radius 2 is 2.25 bits per heavy atom. The molecule has 2 rings (SSSR count). The summed E-state index contributed by atoms with van der Waals surface area (Å²) in [5, 5.41) is 3.63. The van der Waals surface area contributed by atoms with Gasteiger partial charge in [-0.3, -0.25) is 0 Å². The molecule has 94 valence electrons. The lowest BCUT2D eigenvalue weighted by atomic mass is 9.83. The van der Waals surface area contributed by atoms with Gasteiger partial charge in [0, 0.05) is 19.2 Å². The lowest BCUT2D eigenvalue weighted by Crippen LogP contribution is -2.61. The number of hydrogen-bond donors (Lipinski definition) is 1. The standard InChI is InChI=1S/C13H25NO2/c1-11(2)4-5-12-13(16-9-7-14-12)6-3-8-15-10-13/h11-12,14H,3-10H2,1-2H3. The smallest absolute Gasteiger partial charge is 0.107 e. The summed E-state index contributed by atoms with van der Waals surface area (Å²) in [7, 11) is 0. The lowest BCUT2D eigenvalue weighted by Gasteiger charge is -2.46. The van der Waals surface area contributed by atoms with Gasteiger partial charge in [0.25, 0.3) is 0 Å². The Kier molecular flexibility index (Phi) is 4.22. The van der Waals surface area contributed by atoms with Gasteiger partial charge in [0.2, 0.25) is 0 Å². The summed E-state index contributed by atoms with van der Waals surface area (Å²) in [5.74, 6) is 0.769. The van der Waals surface area contributed by atoms with Crippen LogP contribution >= 0.6 is 0 Å². The molecule has 0 radical (unpaired) electrons. The van der Waals surface area contributed by atoms with E-state index in [4.69, 9.17) is 9.47 Å². The van der Waals surface area contributed by atoms with Crippen LogP contribution in [-0.4, -0.2) is 38.0 Å². The topological polar surface area (TPSA) is 30.5 Å². The van der Waals surface area contributed by atoms with Crippen molar-refractivity contribution in [1.82, 2.24) is 5.32 Å². The Bertz CT molecular complexity index is 204. The third kappa shape index (κ3) is 2.76. The van der Waals surface area contributed by atoms with Crippen LogP contribution in [0.4, 0.5) is 0 Å². The maximum atomic E-state index is 6.06. The molecule has 2 saturated heterocycles. The number of hydrogen-bond acceptors (Lipinski definition) is 3. The third-order valence-electron chi connectivity index (χ3n) is 3.79. The van der Waals surface area contributed by atoms with Crippen LogP contribution in [0.3, 0.4) is 0 Å². The molecule has 1 N–H and O–H groups in total. The predicted octanol–water partition coefficient (Wildman–Crippen LogP) is 1.96. The van der Waals surface area contributed by atoms with E-state index in [0.29, 0.717) is 6.04 Å². The second-order valence-corrected chi connectivity index (χ2v) is 5.55. The van der Waals surface area contributed by atoms with E-state index in [0.717, 1.165) is 45.1 Å². The van der Waals surface area contributed by atoms with Crippen LogP contribution in [0.2, 0.25) is 0 Å². The predicted molar refractivity (Wildman–Crippen MR) is 64.6 cm³/mol.